The van der Waals surface area contributed by atoms with E-state index in [1.807, 2.05) is 24.3 Å². The summed E-state index contributed by atoms with van der Waals surface area (Å²) in [6.07, 6.45) is 1.000. The van der Waals surface area contributed by atoms with E-state index in [-0.39, 0.29) is 5.75 Å². The Bertz CT molecular complexity index is 596. The lowest BCUT2D eigenvalue weighted by molar-refractivity contribution is 0.474. The van der Waals surface area contributed by atoms with E-state index >= 15 is 0 Å². The van der Waals surface area contributed by atoms with Crippen molar-refractivity contribution in [3.63, 3.8) is 0 Å². The molecule has 0 spiro atoms. The summed E-state index contributed by atoms with van der Waals surface area (Å²) in [5.41, 5.74) is 2.69. The largest absolute Gasteiger partial charge is 0.507 e. The Morgan fingerprint density at radius 3 is 2.53 bits per heavy atom. The molecule has 2 aromatic carbocycles. The fourth-order valence-electron chi connectivity index (χ4n) is 1.71. The van der Waals surface area contributed by atoms with Crippen molar-refractivity contribution in [3.8, 4) is 5.75 Å². The summed E-state index contributed by atoms with van der Waals surface area (Å²) in [6, 6.07) is 12.8. The van der Waals surface area contributed by atoms with Gasteiger partial charge in [0.25, 0.3) is 0 Å². The Balaban J connectivity index is 2.18. The molecule has 98 valence electrons. The third-order valence-corrected chi connectivity index (χ3v) is 3.38. The van der Waals surface area contributed by atoms with E-state index in [1.54, 1.807) is 12.1 Å². The number of hydrogen-bond acceptors (Lipinski definition) is 2. The topological polar surface area (TPSA) is 32.3 Å². The van der Waals surface area contributed by atoms with Crippen molar-refractivity contribution in [1.82, 2.24) is 0 Å². The maximum Gasteiger partial charge on any atom is 0.125 e. The molecule has 0 saturated heterocycles. The van der Waals surface area contributed by atoms with Crippen molar-refractivity contribution in [2.24, 2.45) is 0 Å². The molecule has 0 aromatic heterocycles. The Kier molecular flexibility index (Phi) is 4.40. The Morgan fingerprint density at radius 2 is 1.89 bits per heavy atom. The zero-order chi connectivity index (χ0) is 13.8. The molecule has 0 heterocycles. The third kappa shape index (κ3) is 3.46. The SMILES string of the molecule is CCc1ccc(NC(=S)c2cc(Cl)ccc2O)cc1. The van der Waals surface area contributed by atoms with E-state index in [0.29, 0.717) is 15.6 Å². The molecule has 0 aliphatic heterocycles. The zero-order valence-electron chi connectivity index (χ0n) is 10.5. The maximum atomic E-state index is 9.78. The number of thiocarbonyl (C=S) groups is 1. The lowest BCUT2D eigenvalue weighted by Crippen LogP contribution is -2.10. The van der Waals surface area contributed by atoms with Crippen molar-refractivity contribution in [2.75, 3.05) is 5.32 Å². The number of aryl methyl sites for hydroxylation is 1. The van der Waals surface area contributed by atoms with Gasteiger partial charge >= 0.3 is 0 Å². The van der Waals surface area contributed by atoms with Crippen molar-refractivity contribution in [1.29, 1.82) is 0 Å². The van der Waals surface area contributed by atoms with Gasteiger partial charge in [0.1, 0.15) is 10.7 Å². The fraction of sp³-hybridized carbons (Fsp3) is 0.133. The number of anilines is 1. The Labute approximate surface area is 123 Å². The van der Waals surface area contributed by atoms with Crippen LogP contribution in [0, 0.1) is 0 Å². The quantitative estimate of drug-likeness (QED) is 0.822. The van der Waals surface area contributed by atoms with Crippen LogP contribution < -0.4 is 5.32 Å². The van der Waals surface area contributed by atoms with Crippen molar-refractivity contribution >= 4 is 34.5 Å². The molecule has 2 N–H and O–H groups in total. The van der Waals surface area contributed by atoms with Crippen LogP contribution in [-0.4, -0.2) is 10.1 Å². The van der Waals surface area contributed by atoms with Gasteiger partial charge in [-0.05, 0) is 42.3 Å². The number of nitrogens with one attached hydrogen (secondary N) is 1. The Hall–Kier alpha value is -1.58. The van der Waals surface area contributed by atoms with Crippen LogP contribution in [0.15, 0.2) is 42.5 Å². The van der Waals surface area contributed by atoms with Crippen LogP contribution in [0.25, 0.3) is 0 Å². The minimum atomic E-state index is 0.118. The van der Waals surface area contributed by atoms with E-state index in [9.17, 15) is 5.11 Å². The molecule has 0 fully saturated rings. The number of halogens is 1. The predicted molar refractivity (Wildman–Crippen MR) is 84.3 cm³/mol. The first-order valence-electron chi connectivity index (χ1n) is 5.99. The van der Waals surface area contributed by atoms with E-state index in [0.717, 1.165) is 12.1 Å². The lowest BCUT2D eigenvalue weighted by Gasteiger charge is -2.10. The second kappa shape index (κ2) is 6.04. The van der Waals surface area contributed by atoms with Crippen LogP contribution in [0.1, 0.15) is 18.1 Å². The molecule has 0 aliphatic rings. The smallest absolute Gasteiger partial charge is 0.125 e. The van der Waals surface area contributed by atoms with Crippen LogP contribution in [-0.2, 0) is 6.42 Å². The first kappa shape index (κ1) is 13.8. The molecule has 0 amide bonds. The van der Waals surface area contributed by atoms with Crippen molar-refractivity contribution in [3.05, 3.63) is 58.6 Å². The summed E-state index contributed by atoms with van der Waals surface area (Å²) < 4.78 is 0. The highest BCUT2D eigenvalue weighted by Crippen LogP contribution is 2.23. The highest BCUT2D eigenvalue weighted by atomic mass is 35.5. The third-order valence-electron chi connectivity index (χ3n) is 2.82. The van der Waals surface area contributed by atoms with Gasteiger partial charge in [-0.15, -0.1) is 0 Å². The summed E-state index contributed by atoms with van der Waals surface area (Å²) >= 11 is 11.2. The number of aromatic hydroxyl groups is 1. The van der Waals surface area contributed by atoms with Gasteiger partial charge in [0.15, 0.2) is 0 Å². The van der Waals surface area contributed by atoms with E-state index < -0.39 is 0 Å². The molecule has 0 saturated carbocycles. The Morgan fingerprint density at radius 1 is 1.21 bits per heavy atom. The molecule has 2 nitrogen and oxygen atoms in total. The average Bonchev–Trinajstić information content (AvgIpc) is 2.42. The van der Waals surface area contributed by atoms with Gasteiger partial charge in [-0.3, -0.25) is 0 Å². The van der Waals surface area contributed by atoms with Crippen LogP contribution in [0.2, 0.25) is 5.02 Å². The summed E-state index contributed by atoms with van der Waals surface area (Å²) in [6.45, 7) is 2.11. The number of phenolic OH excluding ortho intramolecular Hbond substituents is 1. The second-order valence-electron chi connectivity index (χ2n) is 4.17. The van der Waals surface area contributed by atoms with E-state index in [4.69, 9.17) is 23.8 Å². The standard InChI is InChI=1S/C15H14ClNOS/c1-2-10-3-6-12(7-4-10)17-15(19)13-9-11(16)5-8-14(13)18/h3-9,18H,2H2,1H3,(H,17,19). The lowest BCUT2D eigenvalue weighted by atomic mass is 10.1. The van der Waals surface area contributed by atoms with E-state index in [1.165, 1.54) is 11.6 Å². The number of phenols is 1. The molecule has 0 atom stereocenters. The molecule has 19 heavy (non-hydrogen) atoms. The predicted octanol–water partition coefficient (Wildman–Crippen LogP) is 4.40. The molecule has 4 heteroatoms. The van der Waals surface area contributed by atoms with Gasteiger partial charge < -0.3 is 10.4 Å². The van der Waals surface area contributed by atoms with E-state index in [2.05, 4.69) is 12.2 Å². The monoisotopic (exact) mass is 291 g/mol. The molecule has 0 radical (unpaired) electrons. The molecule has 2 rings (SSSR count). The summed E-state index contributed by atoms with van der Waals surface area (Å²) in [5, 5.41) is 13.4. The zero-order valence-corrected chi connectivity index (χ0v) is 12.1. The highest BCUT2D eigenvalue weighted by molar-refractivity contribution is 7.81. The number of benzene rings is 2. The average molecular weight is 292 g/mol. The van der Waals surface area contributed by atoms with Crippen LogP contribution in [0.3, 0.4) is 0 Å². The van der Waals surface area contributed by atoms with Crippen LogP contribution in [0.4, 0.5) is 5.69 Å². The molecule has 0 aliphatic carbocycles. The van der Waals surface area contributed by atoms with Crippen LogP contribution in [0.5, 0.6) is 5.75 Å². The fourth-order valence-corrected chi connectivity index (χ4v) is 2.17. The molecule has 0 unspecified atom stereocenters. The minimum absolute atomic E-state index is 0.118. The van der Waals surface area contributed by atoms with Gasteiger partial charge in [0, 0.05) is 10.7 Å². The minimum Gasteiger partial charge on any atom is -0.507 e. The molecular weight excluding hydrogens is 278 g/mol. The maximum absolute atomic E-state index is 9.78. The summed E-state index contributed by atoms with van der Waals surface area (Å²) in [5.74, 6) is 0.118. The van der Waals surface area contributed by atoms with Gasteiger partial charge in [0.05, 0.1) is 5.56 Å². The molecular formula is C15H14ClNOS. The van der Waals surface area contributed by atoms with Gasteiger partial charge in [0.2, 0.25) is 0 Å². The second-order valence-corrected chi connectivity index (χ2v) is 5.01. The van der Waals surface area contributed by atoms with Crippen molar-refractivity contribution in [2.45, 2.75) is 13.3 Å². The van der Waals surface area contributed by atoms with Crippen molar-refractivity contribution < 1.29 is 5.11 Å². The molecule has 0 bridgehead atoms. The number of rotatable bonds is 3. The normalized spacial score (nSPS) is 10.2. The first-order chi connectivity index (χ1) is 9.10. The van der Waals surface area contributed by atoms with Gasteiger partial charge in [-0.1, -0.05) is 42.9 Å². The highest BCUT2D eigenvalue weighted by Gasteiger charge is 2.08. The summed E-state index contributed by atoms with van der Waals surface area (Å²) in [7, 11) is 0. The number of hydrogen-bond donors (Lipinski definition) is 2. The van der Waals surface area contributed by atoms with Crippen LogP contribution >= 0.6 is 23.8 Å². The first-order valence-corrected chi connectivity index (χ1v) is 6.77. The summed E-state index contributed by atoms with van der Waals surface area (Å²) in [4.78, 5) is 0.448. The van der Waals surface area contributed by atoms with Gasteiger partial charge in [-0.2, -0.15) is 0 Å². The van der Waals surface area contributed by atoms with Gasteiger partial charge in [-0.25, -0.2) is 0 Å². The molecule has 2 aromatic rings.